The normalized spacial score (nSPS) is 15.0. The van der Waals surface area contributed by atoms with Crippen LogP contribution in [0.2, 0.25) is 0 Å². The Balaban J connectivity index is 2.35. The zero-order valence-corrected chi connectivity index (χ0v) is 24.1. The van der Waals surface area contributed by atoms with Crippen LogP contribution in [-0.2, 0) is 20.8 Å². The van der Waals surface area contributed by atoms with E-state index in [-0.39, 0.29) is 17.0 Å². The number of nitro groups is 1. The van der Waals surface area contributed by atoms with Crippen LogP contribution in [0.25, 0.3) is 0 Å². The van der Waals surface area contributed by atoms with Gasteiger partial charge in [0.15, 0.2) is 11.5 Å². The lowest BCUT2D eigenvalue weighted by molar-refractivity contribution is -0.384. The topological polar surface area (TPSA) is 132 Å². The number of nitro benzene ring substituents is 1. The van der Waals surface area contributed by atoms with Crippen LogP contribution < -0.4 is 4.90 Å². The van der Waals surface area contributed by atoms with Crippen LogP contribution in [0.4, 0.5) is 30.1 Å². The molecule has 13 heteroatoms. The second-order valence-corrected chi connectivity index (χ2v) is 12.2. The molecule has 0 atom stereocenters. The average Bonchev–Trinajstić information content (AvgIpc) is 2.71. The van der Waals surface area contributed by atoms with Crippen LogP contribution in [0, 0.1) is 15.9 Å². The second kappa shape index (κ2) is 11.7. The van der Waals surface area contributed by atoms with Crippen molar-refractivity contribution in [2.24, 2.45) is 0 Å². The van der Waals surface area contributed by atoms with Crippen LogP contribution in [0.3, 0.4) is 0 Å². The Morgan fingerprint density at radius 3 is 1.74 bits per heavy atom. The van der Waals surface area contributed by atoms with Gasteiger partial charge < -0.3 is 19.1 Å². The summed E-state index contributed by atoms with van der Waals surface area (Å²) >= 11 is 0. The van der Waals surface area contributed by atoms with Crippen molar-refractivity contribution < 1.29 is 37.9 Å². The molecule has 0 aromatic heterocycles. The van der Waals surface area contributed by atoms with Crippen LogP contribution in [0.5, 0.6) is 0 Å². The monoisotopic (exact) mass is 554 g/mol. The van der Waals surface area contributed by atoms with E-state index in [2.05, 4.69) is 0 Å². The highest BCUT2D eigenvalue weighted by Crippen LogP contribution is 2.35. The minimum absolute atomic E-state index is 0.138. The molecule has 2 rings (SSSR count). The van der Waals surface area contributed by atoms with E-state index in [1.54, 1.807) is 25.7 Å². The number of amides is 3. The summed E-state index contributed by atoms with van der Waals surface area (Å²) in [7, 11) is 0. The molecule has 1 aliphatic rings. The molecule has 0 spiro atoms. The molecular formula is C26H39FN4O8. The molecule has 218 valence electrons. The van der Waals surface area contributed by atoms with Crippen molar-refractivity contribution in [1.82, 2.24) is 9.80 Å². The smallest absolute Gasteiger partial charge is 0.424 e. The number of halogens is 1. The Hall–Kier alpha value is -3.48. The molecule has 1 heterocycles. The number of piperazine rings is 1. The Labute approximate surface area is 228 Å². The summed E-state index contributed by atoms with van der Waals surface area (Å²) in [6, 6.07) is 2.14. The summed E-state index contributed by atoms with van der Waals surface area (Å²) in [6.07, 6.45) is -3.06. The van der Waals surface area contributed by atoms with Gasteiger partial charge in [-0.25, -0.2) is 18.8 Å². The lowest BCUT2D eigenvalue weighted by Crippen LogP contribution is -2.49. The molecule has 0 bridgehead atoms. The van der Waals surface area contributed by atoms with Gasteiger partial charge in [0.05, 0.1) is 4.92 Å². The fourth-order valence-corrected chi connectivity index (χ4v) is 3.64. The van der Waals surface area contributed by atoms with E-state index in [1.807, 2.05) is 4.90 Å². The highest BCUT2D eigenvalue weighted by Gasteiger charge is 2.39. The van der Waals surface area contributed by atoms with Gasteiger partial charge in [-0.15, -0.1) is 0 Å². The standard InChI is InChI=1S/C26H39FN4O8/c1-24(2,3)37-21(32)29-12-10-28(11-13-29)16-17-14-18(27)20(19(15-17)31(35)36)30(22(33)38-25(4,5)6)23(34)39-26(7,8)9/h14-15H,10-13,16H2,1-9H3. The molecule has 0 saturated carbocycles. The molecule has 12 nitrogen and oxygen atoms in total. The summed E-state index contributed by atoms with van der Waals surface area (Å²) in [5.41, 5.74) is -4.20. The van der Waals surface area contributed by atoms with Crippen LogP contribution in [-0.4, -0.2) is 76.0 Å². The van der Waals surface area contributed by atoms with E-state index in [0.29, 0.717) is 26.2 Å². The highest BCUT2D eigenvalue weighted by molar-refractivity contribution is 6.11. The van der Waals surface area contributed by atoms with Gasteiger partial charge in [-0.1, -0.05) is 0 Å². The first-order valence-electron chi connectivity index (χ1n) is 12.6. The van der Waals surface area contributed by atoms with Crippen molar-refractivity contribution in [3.8, 4) is 0 Å². The van der Waals surface area contributed by atoms with Gasteiger partial charge in [0.2, 0.25) is 0 Å². The molecule has 0 aliphatic carbocycles. The second-order valence-electron chi connectivity index (χ2n) is 12.2. The van der Waals surface area contributed by atoms with E-state index in [1.165, 1.54) is 41.5 Å². The van der Waals surface area contributed by atoms with Crippen LogP contribution in [0.1, 0.15) is 67.9 Å². The number of benzene rings is 1. The number of carbonyl (C=O) groups excluding carboxylic acids is 3. The molecule has 1 aromatic rings. The van der Waals surface area contributed by atoms with Crippen molar-refractivity contribution in [3.05, 3.63) is 33.6 Å². The summed E-state index contributed by atoms with van der Waals surface area (Å²) < 4.78 is 31.4. The molecular weight excluding hydrogens is 515 g/mol. The molecule has 3 amide bonds. The first kappa shape index (κ1) is 31.7. The van der Waals surface area contributed by atoms with Gasteiger partial charge in [0.25, 0.3) is 5.69 Å². The number of imide groups is 1. The van der Waals surface area contributed by atoms with Crippen molar-refractivity contribution in [2.45, 2.75) is 85.7 Å². The maximum atomic E-state index is 15.5. The van der Waals surface area contributed by atoms with Gasteiger partial charge in [0.1, 0.15) is 16.8 Å². The molecule has 1 fully saturated rings. The van der Waals surface area contributed by atoms with Gasteiger partial charge in [-0.05, 0) is 73.9 Å². The SMILES string of the molecule is CC(C)(C)OC(=O)N1CCN(Cc2cc(F)c(N(C(=O)OC(C)(C)C)C(=O)OC(C)(C)C)c([N+](=O)[O-])c2)CC1. The first-order chi connectivity index (χ1) is 17.7. The number of nitrogens with zero attached hydrogens (tertiary/aromatic N) is 4. The highest BCUT2D eigenvalue weighted by atomic mass is 19.1. The third kappa shape index (κ3) is 9.65. The zero-order chi connectivity index (χ0) is 29.9. The van der Waals surface area contributed by atoms with Gasteiger partial charge >= 0.3 is 18.3 Å². The fourth-order valence-electron chi connectivity index (χ4n) is 3.64. The van der Waals surface area contributed by atoms with Crippen molar-refractivity contribution in [2.75, 3.05) is 31.1 Å². The van der Waals surface area contributed by atoms with Gasteiger partial charge in [0, 0.05) is 38.8 Å². The van der Waals surface area contributed by atoms with Gasteiger partial charge in [-0.2, -0.15) is 4.90 Å². The molecule has 1 aliphatic heterocycles. The Morgan fingerprint density at radius 1 is 0.872 bits per heavy atom. The molecule has 1 aromatic carbocycles. The number of ether oxygens (including phenoxy) is 3. The van der Waals surface area contributed by atoms with E-state index in [4.69, 9.17) is 14.2 Å². The number of hydrogen-bond acceptors (Lipinski definition) is 9. The largest absolute Gasteiger partial charge is 0.444 e. The predicted octanol–water partition coefficient (Wildman–Crippen LogP) is 5.46. The summed E-state index contributed by atoms with van der Waals surface area (Å²) in [6.45, 7) is 16.3. The molecule has 0 N–H and O–H groups in total. The third-order valence-electron chi connectivity index (χ3n) is 5.11. The maximum Gasteiger partial charge on any atom is 0.424 e. The Morgan fingerprint density at radius 2 is 1.33 bits per heavy atom. The summed E-state index contributed by atoms with van der Waals surface area (Å²) in [5, 5.41) is 12.0. The number of hydrogen-bond donors (Lipinski definition) is 0. The minimum atomic E-state index is -1.32. The Kier molecular flexibility index (Phi) is 9.54. The average molecular weight is 555 g/mol. The molecule has 39 heavy (non-hydrogen) atoms. The van der Waals surface area contributed by atoms with Crippen molar-refractivity contribution >= 4 is 29.7 Å². The zero-order valence-electron chi connectivity index (χ0n) is 24.1. The lowest BCUT2D eigenvalue weighted by Gasteiger charge is -2.35. The quantitative estimate of drug-likeness (QED) is 0.270. The Bertz CT molecular complexity index is 1070. The summed E-state index contributed by atoms with van der Waals surface area (Å²) in [5.74, 6) is -1.16. The molecule has 0 unspecified atom stereocenters. The number of anilines is 1. The first-order valence-corrected chi connectivity index (χ1v) is 12.6. The number of rotatable bonds is 4. The van der Waals surface area contributed by atoms with Crippen LogP contribution >= 0.6 is 0 Å². The predicted molar refractivity (Wildman–Crippen MR) is 141 cm³/mol. The maximum absolute atomic E-state index is 15.5. The number of carbonyl (C=O) groups is 3. The van der Waals surface area contributed by atoms with Gasteiger partial charge in [-0.3, -0.25) is 15.0 Å². The van der Waals surface area contributed by atoms with Crippen molar-refractivity contribution in [1.29, 1.82) is 0 Å². The van der Waals surface area contributed by atoms with E-state index >= 15 is 4.39 Å². The lowest BCUT2D eigenvalue weighted by atomic mass is 10.1. The van der Waals surface area contributed by atoms with E-state index in [9.17, 15) is 24.5 Å². The van der Waals surface area contributed by atoms with E-state index < -0.39 is 57.2 Å². The summed E-state index contributed by atoms with van der Waals surface area (Å²) in [4.78, 5) is 53.0. The third-order valence-corrected chi connectivity index (χ3v) is 5.11. The molecule has 0 radical (unpaired) electrons. The van der Waals surface area contributed by atoms with Crippen LogP contribution in [0.15, 0.2) is 12.1 Å². The molecule has 1 saturated heterocycles. The van der Waals surface area contributed by atoms with Crippen molar-refractivity contribution in [3.63, 3.8) is 0 Å². The van der Waals surface area contributed by atoms with E-state index in [0.717, 1.165) is 12.1 Å². The minimum Gasteiger partial charge on any atom is -0.444 e. The fraction of sp³-hybridized carbons (Fsp3) is 0.654.